The fraction of sp³-hybridized carbons (Fsp3) is 0.154. The van der Waals surface area contributed by atoms with E-state index in [-0.39, 0.29) is 5.91 Å². The first-order chi connectivity index (χ1) is 8.16. The highest BCUT2D eigenvalue weighted by molar-refractivity contribution is 9.10. The molecule has 17 heavy (non-hydrogen) atoms. The lowest BCUT2D eigenvalue weighted by molar-refractivity contribution is 0.0951. The van der Waals surface area contributed by atoms with Crippen molar-refractivity contribution in [3.8, 4) is 0 Å². The summed E-state index contributed by atoms with van der Waals surface area (Å²) in [6.07, 6.45) is 0. The second-order valence-corrected chi connectivity index (χ2v) is 5.43. The summed E-state index contributed by atoms with van der Waals surface area (Å²) in [5, 5.41) is 7.07. The maximum absolute atomic E-state index is 11.9. The molecule has 0 aliphatic carbocycles. The number of amides is 1. The van der Waals surface area contributed by atoms with Crippen molar-refractivity contribution in [2.45, 2.75) is 13.5 Å². The number of carbonyl (C=O) groups excluding carboxylic acids is 1. The first-order valence-electron chi connectivity index (χ1n) is 5.22. The molecule has 1 heterocycles. The van der Waals surface area contributed by atoms with Crippen LogP contribution in [0.1, 0.15) is 21.5 Å². The third kappa shape index (κ3) is 3.17. The van der Waals surface area contributed by atoms with Crippen molar-refractivity contribution in [3.05, 3.63) is 56.2 Å². The summed E-state index contributed by atoms with van der Waals surface area (Å²) in [5.41, 5.74) is 3.08. The van der Waals surface area contributed by atoms with Crippen LogP contribution in [0, 0.1) is 6.92 Å². The van der Waals surface area contributed by atoms with Crippen LogP contribution < -0.4 is 5.32 Å². The van der Waals surface area contributed by atoms with E-state index in [2.05, 4.69) is 38.9 Å². The number of benzene rings is 1. The Hall–Kier alpha value is -1.13. The van der Waals surface area contributed by atoms with Crippen molar-refractivity contribution in [2.24, 2.45) is 0 Å². The summed E-state index contributed by atoms with van der Waals surface area (Å²) in [7, 11) is 0. The van der Waals surface area contributed by atoms with Crippen LogP contribution in [0.4, 0.5) is 0 Å². The van der Waals surface area contributed by atoms with Gasteiger partial charge in [0.2, 0.25) is 0 Å². The molecular formula is C13H12BrNOS. The average molecular weight is 310 g/mol. The zero-order valence-corrected chi connectivity index (χ0v) is 11.8. The van der Waals surface area contributed by atoms with Crippen LogP contribution >= 0.6 is 27.3 Å². The second-order valence-electron chi connectivity index (χ2n) is 3.77. The van der Waals surface area contributed by atoms with Crippen LogP contribution in [0.3, 0.4) is 0 Å². The molecule has 88 valence electrons. The van der Waals surface area contributed by atoms with Crippen LogP contribution in [-0.4, -0.2) is 5.91 Å². The topological polar surface area (TPSA) is 29.1 Å². The van der Waals surface area contributed by atoms with Crippen molar-refractivity contribution in [1.82, 2.24) is 5.32 Å². The van der Waals surface area contributed by atoms with Crippen molar-refractivity contribution >= 4 is 33.2 Å². The quantitative estimate of drug-likeness (QED) is 0.919. The molecule has 4 heteroatoms. The zero-order valence-electron chi connectivity index (χ0n) is 9.37. The van der Waals surface area contributed by atoms with E-state index in [4.69, 9.17) is 0 Å². The fourth-order valence-corrected chi connectivity index (χ4v) is 2.73. The minimum atomic E-state index is -0.0445. The second kappa shape index (κ2) is 5.47. The number of rotatable bonds is 3. The van der Waals surface area contributed by atoms with Gasteiger partial charge in [0.15, 0.2) is 0 Å². The number of hydrogen-bond acceptors (Lipinski definition) is 2. The largest absolute Gasteiger partial charge is 0.348 e. The number of hydrogen-bond donors (Lipinski definition) is 1. The molecule has 2 nitrogen and oxygen atoms in total. The molecule has 0 radical (unpaired) electrons. The minimum absolute atomic E-state index is 0.0445. The van der Waals surface area contributed by atoms with Crippen LogP contribution in [0.15, 0.2) is 39.5 Å². The molecule has 0 atom stereocenters. The molecule has 2 rings (SSSR count). The van der Waals surface area contributed by atoms with Crippen LogP contribution in [-0.2, 0) is 6.54 Å². The monoisotopic (exact) mass is 309 g/mol. The molecule has 0 aliphatic rings. The molecule has 1 amide bonds. The number of carbonyl (C=O) groups is 1. The van der Waals surface area contributed by atoms with E-state index in [1.807, 2.05) is 18.2 Å². The molecule has 0 aliphatic heterocycles. The maximum Gasteiger partial charge on any atom is 0.251 e. The van der Waals surface area contributed by atoms with Gasteiger partial charge >= 0.3 is 0 Å². The third-order valence-corrected chi connectivity index (χ3v) is 3.89. The molecule has 0 saturated heterocycles. The smallest absolute Gasteiger partial charge is 0.251 e. The van der Waals surface area contributed by atoms with Gasteiger partial charge in [-0.1, -0.05) is 22.0 Å². The van der Waals surface area contributed by atoms with E-state index in [0.29, 0.717) is 12.1 Å². The van der Waals surface area contributed by atoms with Crippen molar-refractivity contribution in [1.29, 1.82) is 0 Å². The lowest BCUT2D eigenvalue weighted by atomic mass is 10.2. The highest BCUT2D eigenvalue weighted by atomic mass is 79.9. The van der Waals surface area contributed by atoms with Gasteiger partial charge in [-0.2, -0.15) is 11.3 Å². The maximum atomic E-state index is 11.9. The molecular weight excluding hydrogens is 298 g/mol. The molecule has 0 saturated carbocycles. The lowest BCUT2D eigenvalue weighted by Crippen LogP contribution is -2.22. The van der Waals surface area contributed by atoms with E-state index in [0.717, 1.165) is 4.47 Å². The SMILES string of the molecule is Cc1cscc1CNC(=O)c1cccc(Br)c1. The first-order valence-corrected chi connectivity index (χ1v) is 6.96. The van der Waals surface area contributed by atoms with Crippen molar-refractivity contribution < 1.29 is 4.79 Å². The fourth-order valence-electron chi connectivity index (χ4n) is 1.48. The lowest BCUT2D eigenvalue weighted by Gasteiger charge is -2.05. The Balaban J connectivity index is 2.01. The van der Waals surface area contributed by atoms with E-state index < -0.39 is 0 Å². The predicted molar refractivity (Wildman–Crippen MR) is 74.4 cm³/mol. The van der Waals surface area contributed by atoms with Crippen molar-refractivity contribution in [2.75, 3.05) is 0 Å². The van der Waals surface area contributed by atoms with Crippen LogP contribution in [0.25, 0.3) is 0 Å². The minimum Gasteiger partial charge on any atom is -0.348 e. The summed E-state index contributed by atoms with van der Waals surface area (Å²) in [5.74, 6) is -0.0445. The van der Waals surface area contributed by atoms with Gasteiger partial charge in [-0.05, 0) is 47.0 Å². The molecule has 0 spiro atoms. The normalized spacial score (nSPS) is 10.2. The number of aryl methyl sites for hydroxylation is 1. The first kappa shape index (κ1) is 12.3. The van der Waals surface area contributed by atoms with Crippen LogP contribution in [0.2, 0.25) is 0 Å². The Labute approximate surface area is 113 Å². The Morgan fingerprint density at radius 1 is 1.41 bits per heavy atom. The van der Waals surface area contributed by atoms with Crippen LogP contribution in [0.5, 0.6) is 0 Å². The standard InChI is InChI=1S/C13H12BrNOS/c1-9-7-17-8-11(9)6-15-13(16)10-3-2-4-12(14)5-10/h2-5,7-8H,6H2,1H3,(H,15,16). The summed E-state index contributed by atoms with van der Waals surface area (Å²) in [4.78, 5) is 11.9. The molecule has 1 aromatic carbocycles. The van der Waals surface area contributed by atoms with Gasteiger partial charge < -0.3 is 5.32 Å². The summed E-state index contributed by atoms with van der Waals surface area (Å²) >= 11 is 5.01. The molecule has 2 aromatic rings. The van der Waals surface area contributed by atoms with E-state index in [9.17, 15) is 4.79 Å². The highest BCUT2D eigenvalue weighted by Crippen LogP contribution is 2.14. The highest BCUT2D eigenvalue weighted by Gasteiger charge is 2.06. The Bertz CT molecular complexity index is 536. The molecule has 1 aromatic heterocycles. The summed E-state index contributed by atoms with van der Waals surface area (Å²) in [6, 6.07) is 7.38. The molecule has 1 N–H and O–H groups in total. The Morgan fingerprint density at radius 2 is 2.24 bits per heavy atom. The van der Waals surface area contributed by atoms with Gasteiger partial charge in [0.25, 0.3) is 5.91 Å². The van der Waals surface area contributed by atoms with Crippen molar-refractivity contribution in [3.63, 3.8) is 0 Å². The molecule has 0 bridgehead atoms. The number of thiophene rings is 1. The molecule has 0 fully saturated rings. The van der Waals surface area contributed by atoms with Gasteiger partial charge in [0.1, 0.15) is 0 Å². The number of halogens is 1. The predicted octanol–water partition coefficient (Wildman–Crippen LogP) is 3.75. The van der Waals surface area contributed by atoms with Gasteiger partial charge in [-0.3, -0.25) is 4.79 Å². The van der Waals surface area contributed by atoms with E-state index in [1.165, 1.54) is 11.1 Å². The summed E-state index contributed by atoms with van der Waals surface area (Å²) in [6.45, 7) is 2.64. The molecule has 0 unspecified atom stereocenters. The van der Waals surface area contributed by atoms with E-state index >= 15 is 0 Å². The van der Waals surface area contributed by atoms with Gasteiger partial charge in [0.05, 0.1) is 0 Å². The van der Waals surface area contributed by atoms with Gasteiger partial charge in [-0.15, -0.1) is 0 Å². The Morgan fingerprint density at radius 3 is 2.88 bits per heavy atom. The van der Waals surface area contributed by atoms with E-state index in [1.54, 1.807) is 17.4 Å². The van der Waals surface area contributed by atoms with Gasteiger partial charge in [-0.25, -0.2) is 0 Å². The average Bonchev–Trinajstić information content (AvgIpc) is 2.72. The summed E-state index contributed by atoms with van der Waals surface area (Å²) < 4.78 is 0.914. The Kier molecular flexibility index (Phi) is 3.97. The zero-order chi connectivity index (χ0) is 12.3. The third-order valence-electron chi connectivity index (χ3n) is 2.49. The van der Waals surface area contributed by atoms with Gasteiger partial charge in [0, 0.05) is 16.6 Å². The number of nitrogens with one attached hydrogen (secondary N) is 1.